The summed E-state index contributed by atoms with van der Waals surface area (Å²) in [4.78, 5) is 2.77. The molecule has 1 aliphatic heterocycles. The average Bonchev–Trinajstić information content (AvgIpc) is 2.44. The van der Waals surface area contributed by atoms with E-state index in [-0.39, 0.29) is 0 Å². The molecule has 0 amide bonds. The minimum Gasteiger partial charge on any atom is -0.316 e. The molecule has 0 saturated carbocycles. The normalized spacial score (nSPS) is 32.2. The maximum atomic E-state index is 3.60. The van der Waals surface area contributed by atoms with Gasteiger partial charge in [0.25, 0.3) is 0 Å². The van der Waals surface area contributed by atoms with E-state index in [1.54, 1.807) is 11.1 Å². The molecule has 0 bridgehead atoms. The van der Waals surface area contributed by atoms with Gasteiger partial charge in [0.15, 0.2) is 0 Å². The van der Waals surface area contributed by atoms with Gasteiger partial charge in [-0.3, -0.25) is 4.90 Å². The molecule has 2 nitrogen and oxygen atoms in total. The first kappa shape index (κ1) is 14.1. The summed E-state index contributed by atoms with van der Waals surface area (Å²) in [7, 11) is 0. The molecule has 2 aliphatic rings. The van der Waals surface area contributed by atoms with Crippen LogP contribution in [-0.4, -0.2) is 31.1 Å². The molecule has 1 aromatic rings. The first-order valence-corrected chi connectivity index (χ1v) is 8.26. The van der Waals surface area contributed by atoms with Crippen LogP contribution in [0, 0.1) is 11.8 Å². The number of aryl methyl sites for hydroxylation is 1. The quantitative estimate of drug-likeness (QED) is 0.844. The summed E-state index contributed by atoms with van der Waals surface area (Å²) in [5, 5.41) is 3.60. The standard InChI is InChI=1S/C18H28N2/c1-14-10-19-11-15(2)13-20(12-14)18-9-5-7-16-6-3-4-8-17(16)18/h3-4,6,8,14-15,18-19H,5,7,9-13H2,1-2H3. The van der Waals surface area contributed by atoms with Crippen molar-refractivity contribution in [2.24, 2.45) is 11.8 Å². The third-order valence-corrected chi connectivity index (χ3v) is 4.86. The third-order valence-electron chi connectivity index (χ3n) is 4.86. The van der Waals surface area contributed by atoms with E-state index in [1.807, 2.05) is 0 Å². The fraction of sp³-hybridized carbons (Fsp3) is 0.667. The monoisotopic (exact) mass is 272 g/mol. The van der Waals surface area contributed by atoms with Gasteiger partial charge in [-0.15, -0.1) is 0 Å². The Morgan fingerprint density at radius 3 is 2.50 bits per heavy atom. The van der Waals surface area contributed by atoms with E-state index in [0.717, 1.165) is 24.9 Å². The summed E-state index contributed by atoms with van der Waals surface area (Å²) < 4.78 is 0. The van der Waals surface area contributed by atoms with Crippen LogP contribution in [0.1, 0.15) is 43.9 Å². The molecule has 1 aromatic carbocycles. The van der Waals surface area contributed by atoms with Crippen molar-refractivity contribution >= 4 is 0 Å². The van der Waals surface area contributed by atoms with E-state index >= 15 is 0 Å². The van der Waals surface area contributed by atoms with Crippen molar-refractivity contribution in [2.75, 3.05) is 26.2 Å². The van der Waals surface area contributed by atoms with Gasteiger partial charge in [-0.25, -0.2) is 0 Å². The second-order valence-electron chi connectivity index (χ2n) is 6.93. The Hall–Kier alpha value is -0.860. The second-order valence-corrected chi connectivity index (χ2v) is 6.93. The molecule has 3 rings (SSSR count). The Bertz CT molecular complexity index is 431. The largest absolute Gasteiger partial charge is 0.316 e. The van der Waals surface area contributed by atoms with Crippen LogP contribution in [0.4, 0.5) is 0 Å². The summed E-state index contributed by atoms with van der Waals surface area (Å²) in [5.41, 5.74) is 3.19. The molecular formula is C18H28N2. The highest BCUT2D eigenvalue weighted by molar-refractivity contribution is 5.32. The Balaban J connectivity index is 1.83. The number of nitrogens with one attached hydrogen (secondary N) is 1. The molecule has 1 N–H and O–H groups in total. The lowest BCUT2D eigenvalue weighted by Crippen LogP contribution is -2.44. The molecule has 1 saturated heterocycles. The zero-order valence-corrected chi connectivity index (χ0v) is 12.9. The molecule has 1 aliphatic carbocycles. The molecule has 0 spiro atoms. The highest BCUT2D eigenvalue weighted by Crippen LogP contribution is 2.35. The van der Waals surface area contributed by atoms with Crippen LogP contribution in [0.2, 0.25) is 0 Å². The van der Waals surface area contributed by atoms with Crippen molar-refractivity contribution in [1.29, 1.82) is 0 Å². The molecular weight excluding hydrogens is 244 g/mol. The Morgan fingerprint density at radius 1 is 1.05 bits per heavy atom. The topological polar surface area (TPSA) is 15.3 Å². The number of fused-ring (bicyclic) bond motifs is 1. The van der Waals surface area contributed by atoms with Gasteiger partial charge in [0.2, 0.25) is 0 Å². The number of rotatable bonds is 1. The van der Waals surface area contributed by atoms with E-state index in [4.69, 9.17) is 0 Å². The smallest absolute Gasteiger partial charge is 0.0351 e. The van der Waals surface area contributed by atoms with E-state index in [2.05, 4.69) is 48.3 Å². The Kier molecular flexibility index (Phi) is 4.42. The lowest BCUT2D eigenvalue weighted by Gasteiger charge is -2.40. The van der Waals surface area contributed by atoms with Crippen LogP contribution >= 0.6 is 0 Å². The van der Waals surface area contributed by atoms with Gasteiger partial charge >= 0.3 is 0 Å². The van der Waals surface area contributed by atoms with Crippen LogP contribution in [0.15, 0.2) is 24.3 Å². The fourth-order valence-electron chi connectivity index (χ4n) is 3.94. The maximum Gasteiger partial charge on any atom is 0.0351 e. The van der Waals surface area contributed by atoms with Gasteiger partial charge in [0.1, 0.15) is 0 Å². The summed E-state index contributed by atoms with van der Waals surface area (Å²) in [6.45, 7) is 9.55. The number of hydrogen-bond donors (Lipinski definition) is 1. The maximum absolute atomic E-state index is 3.60. The highest BCUT2D eigenvalue weighted by Gasteiger charge is 2.28. The second kappa shape index (κ2) is 6.28. The molecule has 3 unspecified atom stereocenters. The molecule has 1 heterocycles. The third kappa shape index (κ3) is 3.07. The minimum absolute atomic E-state index is 0.656. The minimum atomic E-state index is 0.656. The first-order chi connectivity index (χ1) is 9.74. The zero-order valence-electron chi connectivity index (χ0n) is 12.9. The Morgan fingerprint density at radius 2 is 1.75 bits per heavy atom. The number of benzene rings is 1. The van der Waals surface area contributed by atoms with E-state index in [9.17, 15) is 0 Å². The summed E-state index contributed by atoms with van der Waals surface area (Å²) in [6, 6.07) is 9.77. The molecule has 110 valence electrons. The SMILES string of the molecule is CC1CNCC(C)CN(C2CCCc3ccccc32)C1. The van der Waals surface area contributed by atoms with Crippen molar-refractivity contribution in [3.05, 3.63) is 35.4 Å². The predicted octanol–water partition coefficient (Wildman–Crippen LogP) is 3.24. The van der Waals surface area contributed by atoms with Gasteiger partial charge < -0.3 is 5.32 Å². The van der Waals surface area contributed by atoms with Crippen LogP contribution < -0.4 is 5.32 Å². The molecule has 0 radical (unpaired) electrons. The van der Waals surface area contributed by atoms with Crippen molar-refractivity contribution in [3.8, 4) is 0 Å². The predicted molar refractivity (Wildman–Crippen MR) is 84.9 cm³/mol. The number of nitrogens with zero attached hydrogens (tertiary/aromatic N) is 1. The van der Waals surface area contributed by atoms with Crippen LogP contribution in [0.5, 0.6) is 0 Å². The first-order valence-electron chi connectivity index (χ1n) is 8.26. The van der Waals surface area contributed by atoms with Gasteiger partial charge in [-0.1, -0.05) is 38.1 Å². The van der Waals surface area contributed by atoms with Crippen molar-refractivity contribution in [1.82, 2.24) is 10.2 Å². The van der Waals surface area contributed by atoms with Crippen molar-refractivity contribution in [2.45, 2.75) is 39.2 Å². The van der Waals surface area contributed by atoms with Crippen molar-refractivity contribution in [3.63, 3.8) is 0 Å². The highest BCUT2D eigenvalue weighted by atomic mass is 15.2. The Labute approximate surface area is 123 Å². The molecule has 2 heteroatoms. The van der Waals surface area contributed by atoms with E-state index in [1.165, 1.54) is 32.4 Å². The summed E-state index contributed by atoms with van der Waals surface area (Å²) >= 11 is 0. The van der Waals surface area contributed by atoms with Crippen LogP contribution in [0.25, 0.3) is 0 Å². The van der Waals surface area contributed by atoms with E-state index in [0.29, 0.717) is 6.04 Å². The summed E-state index contributed by atoms with van der Waals surface area (Å²) in [5.74, 6) is 1.49. The van der Waals surface area contributed by atoms with Crippen LogP contribution in [0.3, 0.4) is 0 Å². The summed E-state index contributed by atoms with van der Waals surface area (Å²) in [6.07, 6.45) is 3.95. The molecule has 0 aromatic heterocycles. The zero-order chi connectivity index (χ0) is 13.9. The van der Waals surface area contributed by atoms with Gasteiger partial charge in [-0.05, 0) is 55.3 Å². The average molecular weight is 272 g/mol. The van der Waals surface area contributed by atoms with Crippen LogP contribution in [-0.2, 0) is 6.42 Å². The molecule has 20 heavy (non-hydrogen) atoms. The van der Waals surface area contributed by atoms with Gasteiger partial charge in [-0.2, -0.15) is 0 Å². The van der Waals surface area contributed by atoms with E-state index < -0.39 is 0 Å². The lowest BCUT2D eigenvalue weighted by atomic mass is 9.86. The molecule has 1 fully saturated rings. The lowest BCUT2D eigenvalue weighted by molar-refractivity contribution is 0.121. The fourth-order valence-corrected chi connectivity index (χ4v) is 3.94. The van der Waals surface area contributed by atoms with Crippen molar-refractivity contribution < 1.29 is 0 Å². The molecule has 3 atom stereocenters. The van der Waals surface area contributed by atoms with Gasteiger partial charge in [0, 0.05) is 19.1 Å². The number of hydrogen-bond acceptors (Lipinski definition) is 2. The van der Waals surface area contributed by atoms with Gasteiger partial charge in [0.05, 0.1) is 0 Å².